The minimum atomic E-state index is -1.69. The molecule has 0 rings (SSSR count). The van der Waals surface area contributed by atoms with Gasteiger partial charge in [-0.2, -0.15) is 0 Å². The van der Waals surface area contributed by atoms with E-state index in [0.717, 1.165) is 19.3 Å². The molecule has 0 aliphatic heterocycles. The molecule has 6 nitrogen and oxygen atoms in total. The summed E-state index contributed by atoms with van der Waals surface area (Å²) in [5.74, 6) is -0.689. The summed E-state index contributed by atoms with van der Waals surface area (Å²) in [4.78, 5) is 12.0. The molecule has 0 aliphatic rings. The molecule has 0 aromatic carbocycles. The highest BCUT2D eigenvalue weighted by Gasteiger charge is 2.30. The Labute approximate surface area is 171 Å². The van der Waals surface area contributed by atoms with Crippen molar-refractivity contribution in [3.63, 3.8) is 0 Å². The first-order chi connectivity index (χ1) is 13.5. The standard InChI is InChI=1S/C22H45NO5/c1-3-4-5-6-7-8-9-10-11-12-13-14-15-18(2)23-19(16-24)21(27)22(28)20(26)17-25/h18-20,22-26,28H,3-17H2,1-2H3/t18?,19-,20+,22+/m0/s1. The SMILES string of the molecule is CCCCCCCCCCCCCCC(C)N[C@@H](CO)C(=O)[C@H](O)[C@H](O)CO. The lowest BCUT2D eigenvalue weighted by molar-refractivity contribution is -0.137. The summed E-state index contributed by atoms with van der Waals surface area (Å²) in [5, 5.41) is 40.3. The summed E-state index contributed by atoms with van der Waals surface area (Å²) < 4.78 is 0. The van der Waals surface area contributed by atoms with Crippen molar-refractivity contribution >= 4 is 5.78 Å². The Bertz CT molecular complexity index is 367. The van der Waals surface area contributed by atoms with Crippen LogP contribution in [0.15, 0.2) is 0 Å². The second-order valence-corrected chi connectivity index (χ2v) is 8.08. The Morgan fingerprint density at radius 1 is 0.786 bits per heavy atom. The van der Waals surface area contributed by atoms with Gasteiger partial charge < -0.3 is 25.7 Å². The van der Waals surface area contributed by atoms with E-state index in [9.17, 15) is 20.1 Å². The average Bonchev–Trinajstić information content (AvgIpc) is 2.71. The van der Waals surface area contributed by atoms with Gasteiger partial charge in [-0.15, -0.1) is 0 Å². The molecule has 168 valence electrons. The monoisotopic (exact) mass is 403 g/mol. The van der Waals surface area contributed by atoms with Crippen LogP contribution in [0.2, 0.25) is 0 Å². The molecular formula is C22H45NO5. The molecule has 0 aliphatic carbocycles. The third-order valence-electron chi connectivity index (χ3n) is 5.35. The van der Waals surface area contributed by atoms with Crippen LogP contribution in [0.3, 0.4) is 0 Å². The summed E-state index contributed by atoms with van der Waals surface area (Å²) in [6.07, 6.45) is 13.2. The van der Waals surface area contributed by atoms with Gasteiger partial charge in [0, 0.05) is 6.04 Å². The van der Waals surface area contributed by atoms with Crippen LogP contribution in [-0.2, 0) is 4.79 Å². The van der Waals surface area contributed by atoms with Crippen molar-refractivity contribution in [2.45, 2.75) is 122 Å². The van der Waals surface area contributed by atoms with Crippen LogP contribution in [0.4, 0.5) is 0 Å². The lowest BCUT2D eigenvalue weighted by Gasteiger charge is -2.24. The number of nitrogens with one attached hydrogen (secondary N) is 1. The molecule has 28 heavy (non-hydrogen) atoms. The van der Waals surface area contributed by atoms with E-state index in [0.29, 0.717) is 0 Å². The molecule has 0 bridgehead atoms. The lowest BCUT2D eigenvalue weighted by Crippen LogP contribution is -2.51. The van der Waals surface area contributed by atoms with E-state index in [4.69, 9.17) is 5.11 Å². The van der Waals surface area contributed by atoms with Gasteiger partial charge in [0.05, 0.1) is 19.3 Å². The van der Waals surface area contributed by atoms with Crippen molar-refractivity contribution < 1.29 is 25.2 Å². The van der Waals surface area contributed by atoms with Crippen LogP contribution < -0.4 is 5.32 Å². The number of hydrogen-bond donors (Lipinski definition) is 5. The van der Waals surface area contributed by atoms with Gasteiger partial charge in [-0.1, -0.05) is 84.0 Å². The van der Waals surface area contributed by atoms with Gasteiger partial charge >= 0.3 is 0 Å². The number of carbonyl (C=O) groups is 1. The predicted octanol–water partition coefficient (Wildman–Crippen LogP) is 2.70. The number of rotatable bonds is 20. The molecule has 0 saturated heterocycles. The molecule has 0 fully saturated rings. The molecule has 6 heteroatoms. The third-order valence-corrected chi connectivity index (χ3v) is 5.35. The van der Waals surface area contributed by atoms with E-state index < -0.39 is 37.2 Å². The molecule has 5 N–H and O–H groups in total. The molecule has 0 aromatic rings. The predicted molar refractivity (Wildman–Crippen MR) is 113 cm³/mol. The smallest absolute Gasteiger partial charge is 0.183 e. The first-order valence-corrected chi connectivity index (χ1v) is 11.4. The highest BCUT2D eigenvalue weighted by atomic mass is 16.4. The summed E-state index contributed by atoms with van der Waals surface area (Å²) >= 11 is 0. The Hall–Kier alpha value is -0.530. The van der Waals surface area contributed by atoms with E-state index in [1.54, 1.807) is 0 Å². The molecule has 0 aromatic heterocycles. The largest absolute Gasteiger partial charge is 0.394 e. The number of aliphatic hydroxyl groups excluding tert-OH is 4. The highest BCUT2D eigenvalue weighted by molar-refractivity contribution is 5.88. The maximum absolute atomic E-state index is 12.0. The van der Waals surface area contributed by atoms with Gasteiger partial charge in [-0.25, -0.2) is 0 Å². The minimum absolute atomic E-state index is 0.0303. The van der Waals surface area contributed by atoms with Gasteiger partial charge in [0.2, 0.25) is 0 Å². The first-order valence-electron chi connectivity index (χ1n) is 11.4. The zero-order valence-electron chi connectivity index (χ0n) is 18.1. The third kappa shape index (κ3) is 13.6. The molecule has 4 atom stereocenters. The van der Waals surface area contributed by atoms with Gasteiger partial charge in [0.15, 0.2) is 5.78 Å². The quantitative estimate of drug-likeness (QED) is 0.200. The van der Waals surface area contributed by atoms with Crippen molar-refractivity contribution in [2.24, 2.45) is 0 Å². The fraction of sp³-hybridized carbons (Fsp3) is 0.955. The molecule has 0 spiro atoms. The second-order valence-electron chi connectivity index (χ2n) is 8.08. The maximum Gasteiger partial charge on any atom is 0.183 e. The number of unbranched alkanes of at least 4 members (excludes halogenated alkanes) is 11. The molecular weight excluding hydrogens is 358 g/mol. The Morgan fingerprint density at radius 2 is 1.25 bits per heavy atom. The summed E-state index contributed by atoms with van der Waals surface area (Å²) in [6, 6.07) is -0.897. The van der Waals surface area contributed by atoms with Crippen molar-refractivity contribution in [1.29, 1.82) is 0 Å². The minimum Gasteiger partial charge on any atom is -0.394 e. The van der Waals surface area contributed by atoms with E-state index in [1.165, 1.54) is 64.2 Å². The van der Waals surface area contributed by atoms with Gasteiger partial charge in [0.25, 0.3) is 0 Å². The Morgan fingerprint density at radius 3 is 1.68 bits per heavy atom. The van der Waals surface area contributed by atoms with Crippen LogP contribution in [0.5, 0.6) is 0 Å². The molecule has 0 amide bonds. The van der Waals surface area contributed by atoms with Crippen molar-refractivity contribution in [1.82, 2.24) is 5.32 Å². The molecule has 1 unspecified atom stereocenters. The van der Waals surface area contributed by atoms with E-state index in [-0.39, 0.29) is 6.04 Å². The van der Waals surface area contributed by atoms with Crippen LogP contribution in [-0.4, -0.2) is 63.7 Å². The maximum atomic E-state index is 12.0. The second kappa shape index (κ2) is 18.5. The number of ketones is 1. The topological polar surface area (TPSA) is 110 Å². The summed E-state index contributed by atoms with van der Waals surface area (Å²) in [5.41, 5.74) is 0. The van der Waals surface area contributed by atoms with Crippen LogP contribution in [0.25, 0.3) is 0 Å². The van der Waals surface area contributed by atoms with E-state index in [1.807, 2.05) is 6.92 Å². The number of aliphatic hydroxyl groups is 4. The first kappa shape index (κ1) is 27.5. The van der Waals surface area contributed by atoms with E-state index in [2.05, 4.69) is 12.2 Å². The Kier molecular flexibility index (Phi) is 18.1. The molecule has 0 radical (unpaired) electrons. The Balaban J connectivity index is 3.72. The molecule has 0 saturated carbocycles. The lowest BCUT2D eigenvalue weighted by atomic mass is 10.0. The number of hydrogen-bond acceptors (Lipinski definition) is 6. The number of carbonyl (C=O) groups excluding carboxylic acids is 1. The molecule has 0 heterocycles. The van der Waals surface area contributed by atoms with Gasteiger partial charge in [-0.05, 0) is 13.3 Å². The normalized spacial score (nSPS) is 15.9. The van der Waals surface area contributed by atoms with Crippen molar-refractivity contribution in [3.05, 3.63) is 0 Å². The van der Waals surface area contributed by atoms with Crippen LogP contribution in [0.1, 0.15) is 97.3 Å². The van der Waals surface area contributed by atoms with Crippen LogP contribution in [0, 0.1) is 0 Å². The fourth-order valence-electron chi connectivity index (χ4n) is 3.44. The average molecular weight is 404 g/mol. The van der Waals surface area contributed by atoms with Gasteiger partial charge in [0.1, 0.15) is 12.2 Å². The summed E-state index contributed by atoms with van der Waals surface area (Å²) in [6.45, 7) is 3.05. The van der Waals surface area contributed by atoms with Crippen molar-refractivity contribution in [3.8, 4) is 0 Å². The highest BCUT2D eigenvalue weighted by Crippen LogP contribution is 2.13. The summed E-state index contributed by atoms with van der Waals surface area (Å²) in [7, 11) is 0. The van der Waals surface area contributed by atoms with Crippen molar-refractivity contribution in [2.75, 3.05) is 13.2 Å². The van der Waals surface area contributed by atoms with E-state index >= 15 is 0 Å². The number of Topliss-reactive ketones (excluding diaryl/α,β-unsaturated/α-hetero) is 1. The zero-order valence-corrected chi connectivity index (χ0v) is 18.1. The van der Waals surface area contributed by atoms with Crippen LogP contribution >= 0.6 is 0 Å². The zero-order chi connectivity index (χ0) is 21.2. The van der Waals surface area contributed by atoms with Gasteiger partial charge in [-0.3, -0.25) is 4.79 Å². The fourth-order valence-corrected chi connectivity index (χ4v) is 3.44.